The van der Waals surface area contributed by atoms with Crippen LogP contribution in [0.15, 0.2) is 48.6 Å². The lowest BCUT2D eigenvalue weighted by Gasteiger charge is -1.98. The van der Waals surface area contributed by atoms with Crippen LogP contribution in [0.25, 0.3) is 12.2 Å². The number of halogens is 2. The minimum absolute atomic E-state index is 0.284. The van der Waals surface area contributed by atoms with Crippen molar-refractivity contribution in [2.75, 3.05) is 0 Å². The highest BCUT2D eigenvalue weighted by atomic mass is 19.1. The Morgan fingerprint density at radius 3 is 1.47 bits per heavy atom. The summed E-state index contributed by atoms with van der Waals surface area (Å²) in [5.74, 6) is 9.92. The van der Waals surface area contributed by atoms with E-state index in [1.807, 2.05) is 24.3 Å². The van der Waals surface area contributed by atoms with Gasteiger partial charge < -0.3 is 0 Å². The van der Waals surface area contributed by atoms with Gasteiger partial charge in [0.1, 0.15) is 11.6 Å². The summed E-state index contributed by atoms with van der Waals surface area (Å²) in [6, 6.07) is 9.93. The molecule has 166 valence electrons. The van der Waals surface area contributed by atoms with Crippen molar-refractivity contribution in [3.8, 4) is 23.7 Å². The van der Waals surface area contributed by atoms with Gasteiger partial charge in [-0.2, -0.15) is 0 Å². The topological polar surface area (TPSA) is 0 Å². The van der Waals surface area contributed by atoms with Crippen molar-refractivity contribution < 1.29 is 8.78 Å². The van der Waals surface area contributed by atoms with Gasteiger partial charge in [0, 0.05) is 0 Å². The van der Waals surface area contributed by atoms with Gasteiger partial charge in [0.05, 0.1) is 11.1 Å². The largest absolute Gasteiger partial charge is 0.206 e. The zero-order valence-corrected chi connectivity index (χ0v) is 19.2. The van der Waals surface area contributed by atoms with Crippen LogP contribution in [0.1, 0.15) is 87.5 Å². The molecule has 0 unspecified atom stereocenters. The Hall–Kier alpha value is -3.10. The number of hydrogen-bond acceptors (Lipinski definition) is 0. The second-order valence-corrected chi connectivity index (χ2v) is 7.77. The molecule has 2 aromatic carbocycles. The fourth-order valence-corrected chi connectivity index (χ4v) is 3.13. The highest BCUT2D eigenvalue weighted by molar-refractivity contribution is 5.54. The first-order valence-corrected chi connectivity index (χ1v) is 11.6. The standard InChI is InChI=1S/C30H32F2/c1-3-5-7-9-11-15-25-19-21-27(29(31)23-25)17-13-14-18-28-22-20-26(24-30(28)32)16-12-10-8-6-4-2/h11-12,15-16,19-24H,3-10H2,1-2H3/b15-11+,16-12+. The third-order valence-corrected chi connectivity index (χ3v) is 5.01. The van der Waals surface area contributed by atoms with E-state index in [-0.39, 0.29) is 22.8 Å². The lowest BCUT2D eigenvalue weighted by molar-refractivity contribution is 0.623. The maximum absolute atomic E-state index is 14.3. The number of benzene rings is 2. The highest BCUT2D eigenvalue weighted by Crippen LogP contribution is 2.13. The van der Waals surface area contributed by atoms with Crippen molar-refractivity contribution >= 4 is 12.2 Å². The Morgan fingerprint density at radius 2 is 1.09 bits per heavy atom. The molecular formula is C30H32F2. The molecule has 0 heterocycles. The zero-order chi connectivity index (χ0) is 23.0. The molecule has 0 saturated carbocycles. The molecule has 0 spiro atoms. The monoisotopic (exact) mass is 430 g/mol. The van der Waals surface area contributed by atoms with E-state index >= 15 is 0 Å². The van der Waals surface area contributed by atoms with Crippen molar-refractivity contribution in [1.82, 2.24) is 0 Å². The molecule has 0 aliphatic heterocycles. The number of allylic oxidation sites excluding steroid dienone is 2. The number of rotatable bonds is 10. The summed E-state index contributed by atoms with van der Waals surface area (Å²) in [6.07, 6.45) is 17.1. The van der Waals surface area contributed by atoms with Crippen molar-refractivity contribution in [3.05, 3.63) is 82.4 Å². The molecule has 2 rings (SSSR count). The Morgan fingerprint density at radius 1 is 0.656 bits per heavy atom. The van der Waals surface area contributed by atoms with Gasteiger partial charge in [-0.3, -0.25) is 0 Å². The van der Waals surface area contributed by atoms with Crippen LogP contribution in [-0.2, 0) is 0 Å². The lowest BCUT2D eigenvalue weighted by atomic mass is 10.1. The Labute approximate surface area is 192 Å². The van der Waals surface area contributed by atoms with Crippen molar-refractivity contribution in [2.24, 2.45) is 0 Å². The van der Waals surface area contributed by atoms with Crippen LogP contribution in [0.3, 0.4) is 0 Å². The molecule has 0 nitrogen and oxygen atoms in total. The molecule has 0 saturated heterocycles. The molecule has 2 heteroatoms. The highest BCUT2D eigenvalue weighted by Gasteiger charge is 2.00. The van der Waals surface area contributed by atoms with E-state index in [1.165, 1.54) is 37.8 Å². The van der Waals surface area contributed by atoms with Crippen molar-refractivity contribution in [3.63, 3.8) is 0 Å². The fraction of sp³-hybridized carbons (Fsp3) is 0.333. The summed E-state index contributed by atoms with van der Waals surface area (Å²) in [5.41, 5.74) is 2.20. The molecule has 0 amide bonds. The van der Waals surface area contributed by atoms with Gasteiger partial charge in [0.15, 0.2) is 0 Å². The average molecular weight is 431 g/mol. The molecule has 0 radical (unpaired) electrons. The smallest absolute Gasteiger partial charge is 0.139 e. The van der Waals surface area contributed by atoms with E-state index in [9.17, 15) is 8.78 Å². The molecule has 0 atom stereocenters. The molecular weight excluding hydrogens is 398 g/mol. The summed E-state index contributed by atoms with van der Waals surface area (Å²) < 4.78 is 28.5. The van der Waals surface area contributed by atoms with Gasteiger partial charge in [-0.15, -0.1) is 0 Å². The average Bonchev–Trinajstić information content (AvgIpc) is 2.78. The predicted molar refractivity (Wildman–Crippen MR) is 133 cm³/mol. The van der Waals surface area contributed by atoms with Crippen LogP contribution in [0, 0.1) is 35.3 Å². The summed E-state index contributed by atoms with van der Waals surface area (Å²) >= 11 is 0. The quantitative estimate of drug-likeness (QED) is 0.262. The third-order valence-electron chi connectivity index (χ3n) is 5.01. The second kappa shape index (κ2) is 14.8. The minimum Gasteiger partial charge on any atom is -0.206 e. The second-order valence-electron chi connectivity index (χ2n) is 7.77. The maximum atomic E-state index is 14.3. The van der Waals surface area contributed by atoms with E-state index in [1.54, 1.807) is 12.1 Å². The Balaban J connectivity index is 1.96. The molecule has 0 fully saturated rings. The van der Waals surface area contributed by atoms with Crippen LogP contribution in [0.2, 0.25) is 0 Å². The van der Waals surface area contributed by atoms with Gasteiger partial charge in [-0.1, -0.05) is 76.0 Å². The summed E-state index contributed by atoms with van der Waals surface area (Å²) in [5, 5.41) is 0. The van der Waals surface area contributed by atoms with Crippen LogP contribution >= 0.6 is 0 Å². The van der Waals surface area contributed by atoms with Crippen LogP contribution in [0.5, 0.6) is 0 Å². The summed E-state index contributed by atoms with van der Waals surface area (Å²) in [4.78, 5) is 0. The minimum atomic E-state index is -0.378. The van der Waals surface area contributed by atoms with Gasteiger partial charge in [-0.05, 0) is 84.8 Å². The molecule has 0 aliphatic carbocycles. The summed E-state index contributed by atoms with van der Waals surface area (Å²) in [6.45, 7) is 4.34. The normalized spacial score (nSPS) is 10.8. The van der Waals surface area contributed by atoms with E-state index in [0.29, 0.717) is 0 Å². The van der Waals surface area contributed by atoms with Gasteiger partial charge in [-0.25, -0.2) is 8.78 Å². The fourth-order valence-electron chi connectivity index (χ4n) is 3.13. The van der Waals surface area contributed by atoms with E-state index in [4.69, 9.17) is 0 Å². The first-order valence-electron chi connectivity index (χ1n) is 11.6. The molecule has 32 heavy (non-hydrogen) atoms. The van der Waals surface area contributed by atoms with Gasteiger partial charge in [0.25, 0.3) is 0 Å². The Kier molecular flexibility index (Phi) is 11.7. The molecule has 0 N–H and O–H groups in total. The first kappa shape index (κ1) is 25.2. The molecule has 0 aromatic heterocycles. The predicted octanol–water partition coefficient (Wildman–Crippen LogP) is 8.56. The van der Waals surface area contributed by atoms with Crippen LogP contribution in [-0.4, -0.2) is 0 Å². The van der Waals surface area contributed by atoms with Crippen molar-refractivity contribution in [2.45, 2.75) is 65.2 Å². The van der Waals surface area contributed by atoms with Crippen molar-refractivity contribution in [1.29, 1.82) is 0 Å². The number of unbranched alkanes of at least 4 members (excludes halogenated alkanes) is 6. The van der Waals surface area contributed by atoms with Gasteiger partial charge in [0.2, 0.25) is 0 Å². The molecule has 2 aromatic rings. The third kappa shape index (κ3) is 9.36. The Bertz CT molecular complexity index is 950. The first-order chi connectivity index (χ1) is 15.6. The molecule has 0 bridgehead atoms. The number of hydrogen-bond donors (Lipinski definition) is 0. The zero-order valence-electron chi connectivity index (χ0n) is 19.2. The van der Waals surface area contributed by atoms with E-state index in [0.717, 1.165) is 36.8 Å². The summed E-state index contributed by atoms with van der Waals surface area (Å²) in [7, 11) is 0. The molecule has 0 aliphatic rings. The van der Waals surface area contributed by atoms with Crippen LogP contribution < -0.4 is 0 Å². The SMILES string of the molecule is CCCCC/C=C/c1ccc(C#CC#Cc2ccc(/C=C/CCCCC)cc2F)c(F)c1. The van der Waals surface area contributed by atoms with E-state index < -0.39 is 0 Å². The maximum Gasteiger partial charge on any atom is 0.139 e. The lowest BCUT2D eigenvalue weighted by Crippen LogP contribution is -1.85. The van der Waals surface area contributed by atoms with Gasteiger partial charge >= 0.3 is 0 Å². The van der Waals surface area contributed by atoms with Crippen LogP contribution in [0.4, 0.5) is 8.78 Å². The van der Waals surface area contributed by atoms with E-state index in [2.05, 4.69) is 49.7 Å².